The molecule has 1 aliphatic carbocycles. The fourth-order valence-corrected chi connectivity index (χ4v) is 11.7. The fraction of sp³-hybridized carbons (Fsp3) is 0.481. The number of benzene rings is 3. The van der Waals surface area contributed by atoms with Crippen LogP contribution in [0.25, 0.3) is 32.9 Å². The van der Waals surface area contributed by atoms with Gasteiger partial charge in [0.05, 0.1) is 17.6 Å². The number of ether oxygens (including phenoxy) is 1. The first-order chi connectivity index (χ1) is 32.5. The second kappa shape index (κ2) is 17.6. The summed E-state index contributed by atoms with van der Waals surface area (Å²) in [6.07, 6.45) is 16.3. The van der Waals surface area contributed by atoms with Gasteiger partial charge in [0, 0.05) is 79.5 Å². The molecule has 5 saturated heterocycles. The third kappa shape index (κ3) is 8.53. The van der Waals surface area contributed by atoms with Crippen LogP contribution in [0.4, 0.5) is 25.1 Å². The second-order valence-electron chi connectivity index (χ2n) is 20.0. The number of anilines is 2. The molecule has 6 fully saturated rings. The van der Waals surface area contributed by atoms with E-state index in [1.54, 1.807) is 11.1 Å². The van der Waals surface area contributed by atoms with Crippen molar-refractivity contribution in [1.29, 1.82) is 0 Å². The highest BCUT2D eigenvalue weighted by Crippen LogP contribution is 2.47. The van der Waals surface area contributed by atoms with E-state index < -0.39 is 11.6 Å². The number of aromatic hydroxyl groups is 1. The number of likely N-dealkylation sites (tertiary alicyclic amines) is 2. The van der Waals surface area contributed by atoms with Gasteiger partial charge >= 0.3 is 12.0 Å². The average molecular weight is 910 g/mol. The van der Waals surface area contributed by atoms with Crippen LogP contribution >= 0.6 is 0 Å². The van der Waals surface area contributed by atoms with Gasteiger partial charge in [0.2, 0.25) is 5.91 Å². The summed E-state index contributed by atoms with van der Waals surface area (Å²) in [5.74, 6) is 2.41. The number of piperazine rings is 1. The second-order valence-corrected chi connectivity index (χ2v) is 20.0. The van der Waals surface area contributed by atoms with Crippen LogP contribution in [0.5, 0.6) is 11.8 Å². The van der Waals surface area contributed by atoms with Gasteiger partial charge in [-0.1, -0.05) is 24.1 Å². The van der Waals surface area contributed by atoms with Crippen molar-refractivity contribution in [3.8, 4) is 35.4 Å². The van der Waals surface area contributed by atoms with E-state index in [-0.39, 0.29) is 56.8 Å². The molecule has 3 amide bonds. The highest BCUT2D eigenvalue weighted by molar-refractivity contribution is 6.06. The number of carbonyl (C=O) groups is 2. The number of phenols is 1. The normalized spacial score (nSPS) is 22.7. The van der Waals surface area contributed by atoms with E-state index >= 15 is 8.78 Å². The Morgan fingerprint density at radius 3 is 2.43 bits per heavy atom. The number of urea groups is 1. The number of terminal acetylenes is 1. The van der Waals surface area contributed by atoms with Gasteiger partial charge in [-0.3, -0.25) is 20.0 Å². The summed E-state index contributed by atoms with van der Waals surface area (Å²) in [7, 11) is 0. The Kier molecular flexibility index (Phi) is 11.5. The minimum absolute atomic E-state index is 0.0237. The molecule has 6 aliphatic rings. The molecule has 5 aromatic rings. The molecular formula is C52H57F2N9O4. The first-order valence-electron chi connectivity index (χ1n) is 24.1. The lowest BCUT2D eigenvalue weighted by Gasteiger charge is -2.39. The summed E-state index contributed by atoms with van der Waals surface area (Å²) in [6.45, 7) is 10.6. The highest BCUT2D eigenvalue weighted by atomic mass is 19.1. The van der Waals surface area contributed by atoms with Gasteiger partial charge in [0.25, 0.3) is 0 Å². The summed E-state index contributed by atoms with van der Waals surface area (Å²) in [6, 6.07) is 12.2. The molecule has 13 nitrogen and oxygen atoms in total. The molecule has 3 N–H and O–H groups in total. The Morgan fingerprint density at radius 1 is 0.940 bits per heavy atom. The van der Waals surface area contributed by atoms with Crippen molar-refractivity contribution in [2.45, 2.75) is 82.7 Å². The zero-order valence-electron chi connectivity index (χ0n) is 38.0. The number of nitrogens with one attached hydrogen (secondary N) is 2. The number of aromatic nitrogens is 3. The molecule has 2 atom stereocenters. The van der Waals surface area contributed by atoms with Crippen molar-refractivity contribution in [2.75, 3.05) is 75.3 Å². The van der Waals surface area contributed by atoms with Crippen molar-refractivity contribution in [3.05, 3.63) is 77.0 Å². The van der Waals surface area contributed by atoms with Gasteiger partial charge in [-0.05, 0) is 137 Å². The van der Waals surface area contributed by atoms with E-state index in [1.165, 1.54) is 29.8 Å². The first kappa shape index (κ1) is 43.6. The molecule has 67 heavy (non-hydrogen) atoms. The molecule has 2 aromatic heterocycles. The molecule has 2 unspecified atom stereocenters. The van der Waals surface area contributed by atoms with Crippen molar-refractivity contribution in [3.63, 3.8) is 0 Å². The Balaban J connectivity index is 0.746. The largest absolute Gasteiger partial charge is 0.508 e. The monoisotopic (exact) mass is 909 g/mol. The first-order valence-corrected chi connectivity index (χ1v) is 24.1. The minimum atomic E-state index is -0.720. The number of nitrogens with zero attached hydrogens (tertiary/aromatic N) is 7. The fourth-order valence-electron chi connectivity index (χ4n) is 11.7. The van der Waals surface area contributed by atoms with Crippen molar-refractivity contribution < 1.29 is 28.2 Å². The summed E-state index contributed by atoms with van der Waals surface area (Å²) in [5, 5.41) is 18.0. The number of pyridine rings is 1. The lowest BCUT2D eigenvalue weighted by atomic mass is 9.85. The lowest BCUT2D eigenvalue weighted by Crippen LogP contribution is -2.51. The number of rotatable bonds is 11. The maximum atomic E-state index is 17.1. The van der Waals surface area contributed by atoms with Gasteiger partial charge in [0.1, 0.15) is 28.6 Å². The number of hydrogen-bond acceptors (Lipinski definition) is 11. The maximum Gasteiger partial charge on any atom is 0.328 e. The number of fused-ring (bicyclic) bond motifs is 4. The number of phenolic OH excluding ortho intramolecular Hbond substituents is 1. The number of imide groups is 1. The minimum Gasteiger partial charge on any atom is -0.508 e. The smallest absolute Gasteiger partial charge is 0.328 e. The third-order valence-electron chi connectivity index (χ3n) is 15.6. The predicted octanol–water partition coefficient (Wildman–Crippen LogP) is 7.26. The number of amides is 3. The molecule has 7 heterocycles. The highest BCUT2D eigenvalue weighted by Gasteiger charge is 2.46. The van der Waals surface area contributed by atoms with E-state index in [4.69, 9.17) is 21.1 Å². The SMILES string of the molecule is C#Cc1c(F)ccc2cc(O)cc(-c3ncc4c(N5CC6CCC(C5)N6)nc(OCC5(CN6CCC(CN7CCC(c8cccc(N9CCC(=O)NC9=O)c8C)CC7)CC6)CC5)nc4c3F)c12. The van der Waals surface area contributed by atoms with Crippen LogP contribution < -0.4 is 25.2 Å². The Bertz CT molecular complexity index is 2800. The van der Waals surface area contributed by atoms with E-state index in [0.717, 1.165) is 102 Å². The summed E-state index contributed by atoms with van der Waals surface area (Å²) in [4.78, 5) is 47.7. The molecular weight excluding hydrogens is 853 g/mol. The van der Waals surface area contributed by atoms with Crippen LogP contribution in [-0.4, -0.2) is 119 Å². The van der Waals surface area contributed by atoms with Crippen molar-refractivity contribution in [2.24, 2.45) is 11.3 Å². The van der Waals surface area contributed by atoms with Crippen LogP contribution in [0.3, 0.4) is 0 Å². The van der Waals surface area contributed by atoms with E-state index in [9.17, 15) is 14.7 Å². The van der Waals surface area contributed by atoms with E-state index in [0.29, 0.717) is 73.2 Å². The van der Waals surface area contributed by atoms with Crippen molar-refractivity contribution >= 4 is 45.1 Å². The van der Waals surface area contributed by atoms with Gasteiger partial charge in [0.15, 0.2) is 5.82 Å². The van der Waals surface area contributed by atoms with E-state index in [2.05, 4.69) is 49.2 Å². The molecule has 348 valence electrons. The molecule has 2 bridgehead atoms. The molecule has 0 radical (unpaired) electrons. The average Bonchev–Trinajstić information content (AvgIpc) is 4.01. The van der Waals surface area contributed by atoms with Crippen molar-refractivity contribution in [1.82, 2.24) is 35.4 Å². The van der Waals surface area contributed by atoms with Gasteiger partial charge in [-0.25, -0.2) is 13.6 Å². The molecule has 3 aromatic carbocycles. The van der Waals surface area contributed by atoms with Crippen LogP contribution in [-0.2, 0) is 4.79 Å². The lowest BCUT2D eigenvalue weighted by molar-refractivity contribution is -0.120. The summed E-state index contributed by atoms with van der Waals surface area (Å²) < 4.78 is 38.7. The predicted molar refractivity (Wildman–Crippen MR) is 253 cm³/mol. The number of halogens is 2. The van der Waals surface area contributed by atoms with Crippen LogP contribution in [0.15, 0.2) is 48.7 Å². The summed E-state index contributed by atoms with van der Waals surface area (Å²) in [5.41, 5.74) is 3.41. The zero-order chi connectivity index (χ0) is 46.0. The number of piperidine rings is 2. The van der Waals surface area contributed by atoms with Gasteiger partial charge in [-0.15, -0.1) is 6.42 Å². The molecule has 1 saturated carbocycles. The number of hydrogen-bond donors (Lipinski definition) is 3. The molecule has 5 aliphatic heterocycles. The van der Waals surface area contributed by atoms with Gasteiger partial charge in [-0.2, -0.15) is 9.97 Å². The molecule has 0 spiro atoms. The standard InChI is InChI=1S/C52H57F2N9O4/c1-3-38-42(53)10-7-34-23-37(64)24-40(45(34)38)47-46(54)48-41(25-55-47)49(62-27-35-8-9-36(28-62)56-35)59-50(58-48)67-30-52(16-17-52)29-61-18-11-32(12-19-61)26-60-20-13-33(14-21-60)39-5-4-6-43(31(39)2)63-22-15-44(65)57-51(63)66/h1,4-7,10,23-25,32-33,35-36,56,64H,8-9,11-22,26-30H2,2H3,(H,57,65,66). The van der Waals surface area contributed by atoms with Crippen LogP contribution in [0.1, 0.15) is 80.4 Å². The van der Waals surface area contributed by atoms with Crippen LogP contribution in [0.2, 0.25) is 0 Å². The molecule has 11 rings (SSSR count). The third-order valence-corrected chi connectivity index (χ3v) is 15.6. The zero-order valence-corrected chi connectivity index (χ0v) is 38.0. The Hall–Kier alpha value is -5.95. The van der Waals surface area contributed by atoms with Gasteiger partial charge < -0.3 is 29.9 Å². The number of carbonyl (C=O) groups excluding carboxylic acids is 2. The topological polar surface area (TPSA) is 139 Å². The maximum absolute atomic E-state index is 17.1. The summed E-state index contributed by atoms with van der Waals surface area (Å²) >= 11 is 0. The van der Waals surface area contributed by atoms with E-state index in [1.807, 2.05) is 12.1 Å². The Labute approximate surface area is 389 Å². The molecule has 15 heteroatoms. The quantitative estimate of drug-likeness (QED) is 0.116. The Morgan fingerprint density at radius 2 is 1.70 bits per heavy atom. The van der Waals surface area contributed by atoms with Crippen LogP contribution in [0, 0.1) is 42.2 Å².